The average Bonchev–Trinajstić information content (AvgIpc) is 3.11. The van der Waals surface area contributed by atoms with Gasteiger partial charge in [0.2, 0.25) is 0 Å². The van der Waals surface area contributed by atoms with Crippen molar-refractivity contribution in [3.63, 3.8) is 0 Å². The van der Waals surface area contributed by atoms with E-state index in [1.54, 1.807) is 12.1 Å². The number of furan rings is 1. The Morgan fingerprint density at radius 2 is 2.16 bits per heavy atom. The van der Waals surface area contributed by atoms with Crippen LogP contribution >= 0.6 is 11.8 Å². The molecule has 1 aromatic heterocycles. The number of carbonyl (C=O) groups is 3. The molecule has 1 aromatic rings. The molecule has 130 valence electrons. The van der Waals surface area contributed by atoms with Gasteiger partial charge in [0.1, 0.15) is 10.3 Å². The molecule has 0 radical (unpaired) electrons. The maximum absolute atomic E-state index is 12.6. The molecule has 3 amide bonds. The zero-order valence-corrected chi connectivity index (χ0v) is 14.5. The summed E-state index contributed by atoms with van der Waals surface area (Å²) in [6.07, 6.45) is 1.45. The van der Waals surface area contributed by atoms with Gasteiger partial charge in [-0.15, -0.1) is 0 Å². The van der Waals surface area contributed by atoms with Crippen molar-refractivity contribution in [1.29, 1.82) is 0 Å². The summed E-state index contributed by atoms with van der Waals surface area (Å²) >= 11 is 0.946. The summed E-state index contributed by atoms with van der Waals surface area (Å²) in [5.74, 6) is -1.69. The van der Waals surface area contributed by atoms with Crippen molar-refractivity contribution < 1.29 is 28.5 Å². The summed E-state index contributed by atoms with van der Waals surface area (Å²) in [4.78, 5) is 45.6. The van der Waals surface area contributed by atoms with Crippen LogP contribution in [0.5, 0.6) is 0 Å². The fourth-order valence-electron chi connectivity index (χ4n) is 2.41. The Morgan fingerprint density at radius 1 is 1.44 bits per heavy atom. The smallest absolute Gasteiger partial charge is 0.445 e. The van der Waals surface area contributed by atoms with Crippen molar-refractivity contribution in [2.45, 2.75) is 12.2 Å². The van der Waals surface area contributed by atoms with E-state index in [1.807, 2.05) is 0 Å². The second-order valence-corrected chi connectivity index (χ2v) is 6.85. The Labute approximate surface area is 146 Å². The number of carbonyl (C=O) groups excluding carboxylic acids is 2. The Bertz CT molecular complexity index is 855. The predicted octanol–water partition coefficient (Wildman–Crippen LogP) is 0.894. The summed E-state index contributed by atoms with van der Waals surface area (Å²) in [6, 6.07) is 2.78. The van der Waals surface area contributed by atoms with Crippen molar-refractivity contribution in [2.24, 2.45) is 15.9 Å². The highest BCUT2D eigenvalue weighted by molar-refractivity contribution is 8.15. The van der Waals surface area contributed by atoms with Gasteiger partial charge in [0.25, 0.3) is 11.7 Å². The van der Waals surface area contributed by atoms with Crippen LogP contribution in [-0.2, 0) is 9.59 Å². The van der Waals surface area contributed by atoms with Crippen LogP contribution in [0.1, 0.15) is 12.7 Å². The highest BCUT2D eigenvalue weighted by Gasteiger charge is 2.50. The van der Waals surface area contributed by atoms with E-state index < -0.39 is 29.1 Å². The molecule has 0 fully saturated rings. The van der Waals surface area contributed by atoms with Gasteiger partial charge >= 0.3 is 17.9 Å². The summed E-state index contributed by atoms with van der Waals surface area (Å²) < 4.78 is 6.55. The highest BCUT2D eigenvalue weighted by atomic mass is 32.2. The maximum atomic E-state index is 12.6. The van der Waals surface area contributed by atoms with Crippen LogP contribution in [0.4, 0.5) is 4.79 Å². The van der Waals surface area contributed by atoms with Gasteiger partial charge in [-0.05, 0) is 19.1 Å². The largest absolute Gasteiger partial charge is 0.480 e. The van der Waals surface area contributed by atoms with Crippen molar-refractivity contribution in [3.05, 3.63) is 24.2 Å². The number of aliphatic imine (C=N–C) groups is 2. The molecule has 0 spiro atoms. The molecule has 9 nitrogen and oxygen atoms in total. The van der Waals surface area contributed by atoms with Crippen molar-refractivity contribution >= 4 is 46.4 Å². The molecule has 2 aliphatic heterocycles. The fourth-order valence-corrected chi connectivity index (χ4v) is 3.36. The number of amidine groups is 2. The minimum atomic E-state index is -1.03. The number of urea groups is 1. The van der Waals surface area contributed by atoms with Gasteiger partial charge in [0, 0.05) is 0 Å². The number of aliphatic carboxylic acids is 1. The third kappa shape index (κ3) is 2.88. The summed E-state index contributed by atoms with van der Waals surface area (Å²) in [5.41, 5.74) is 0. The van der Waals surface area contributed by atoms with E-state index in [4.69, 9.17) is 4.42 Å². The van der Waals surface area contributed by atoms with Gasteiger partial charge in [-0.25, -0.2) is 9.79 Å². The minimum Gasteiger partial charge on any atom is -0.480 e. The van der Waals surface area contributed by atoms with Crippen LogP contribution in [0.25, 0.3) is 0 Å². The number of amides is 3. The van der Waals surface area contributed by atoms with Crippen LogP contribution in [0, 0.1) is 5.92 Å². The number of nitrogens with zero attached hydrogens (tertiary/aromatic N) is 4. The fraction of sp³-hybridized carbons (Fsp3) is 0.333. The van der Waals surface area contributed by atoms with E-state index in [2.05, 4.69) is 9.98 Å². The molecule has 0 aromatic carbocycles. The zero-order chi connectivity index (χ0) is 18.3. The monoisotopic (exact) mass is 363 g/mol. The van der Waals surface area contributed by atoms with Gasteiger partial charge in [-0.2, -0.15) is 9.48 Å². The lowest BCUT2D eigenvalue weighted by Gasteiger charge is -2.26. The molecule has 3 heterocycles. The quantitative estimate of drug-likeness (QED) is 0.798. The van der Waals surface area contributed by atoms with Crippen LogP contribution in [0.2, 0.25) is 0 Å². The molecular weight excluding hydrogens is 348 g/mol. The first-order valence-electron chi connectivity index (χ1n) is 7.34. The first-order valence-corrected chi connectivity index (χ1v) is 8.22. The number of hydrogen-bond donors (Lipinski definition) is 1. The van der Waals surface area contributed by atoms with Crippen molar-refractivity contribution in [3.8, 4) is 0 Å². The van der Waals surface area contributed by atoms with Gasteiger partial charge in [0.05, 0.1) is 20.4 Å². The van der Waals surface area contributed by atoms with Crippen LogP contribution in [0.15, 0.2) is 32.8 Å². The summed E-state index contributed by atoms with van der Waals surface area (Å²) in [7, 11) is 2.87. The first-order chi connectivity index (χ1) is 11.8. The van der Waals surface area contributed by atoms with Gasteiger partial charge in [-0.1, -0.05) is 16.8 Å². The maximum Gasteiger partial charge on any atom is 0.445 e. The third-order valence-corrected chi connectivity index (χ3v) is 4.95. The average molecular weight is 363 g/mol. The van der Waals surface area contributed by atoms with Gasteiger partial charge < -0.3 is 9.52 Å². The number of carboxylic acid groups (broad SMARTS) is 1. The standard InChI is InChI=1S/C15H14N4O5S/c1-7(14(21)22)25-12-9-11(18(2)15(23)19(3)13(9)20)16-10(17-12)8-5-4-6-24-8/h4-7,9H,1-3H3/p+1. The van der Waals surface area contributed by atoms with E-state index in [0.717, 1.165) is 16.7 Å². The lowest BCUT2D eigenvalue weighted by molar-refractivity contribution is -0.407. The lowest BCUT2D eigenvalue weighted by atomic mass is 10.0. The number of thioether (sulfide) groups is 1. The Balaban J connectivity index is 2.14. The molecule has 10 heteroatoms. The molecule has 0 bridgehead atoms. The lowest BCUT2D eigenvalue weighted by Crippen LogP contribution is -2.55. The molecule has 2 atom stereocenters. The molecule has 0 saturated carbocycles. The Morgan fingerprint density at radius 3 is 2.76 bits per heavy atom. The second-order valence-electron chi connectivity index (χ2n) is 5.49. The van der Waals surface area contributed by atoms with E-state index in [-0.39, 0.29) is 16.7 Å². The number of carboxylic acids is 1. The Hall–Kier alpha value is -2.75. The predicted molar refractivity (Wildman–Crippen MR) is 90.2 cm³/mol. The number of rotatable bonds is 3. The molecule has 0 saturated heterocycles. The van der Waals surface area contributed by atoms with Crippen LogP contribution in [0.3, 0.4) is 0 Å². The molecule has 2 unspecified atom stereocenters. The minimum absolute atomic E-state index is 0.188. The molecule has 0 aliphatic carbocycles. The van der Waals surface area contributed by atoms with E-state index in [0.29, 0.717) is 5.76 Å². The topological polar surface area (TPSA) is 116 Å². The van der Waals surface area contributed by atoms with Gasteiger partial charge in [0.15, 0.2) is 11.7 Å². The molecular formula is C15H15N4O5S+. The zero-order valence-electron chi connectivity index (χ0n) is 13.7. The second kappa shape index (κ2) is 6.28. The SMILES string of the molecule is CC(SC1=NC(c2ccco2)=NC2=[N+](C)C(=O)N(C)C(=O)C12)C(=O)O. The first kappa shape index (κ1) is 17.1. The molecule has 25 heavy (non-hydrogen) atoms. The van der Waals surface area contributed by atoms with E-state index >= 15 is 0 Å². The van der Waals surface area contributed by atoms with Crippen molar-refractivity contribution in [2.75, 3.05) is 14.1 Å². The number of imide groups is 1. The third-order valence-electron chi connectivity index (χ3n) is 3.82. The summed E-state index contributed by atoms with van der Waals surface area (Å²) in [5, 5.41) is 8.62. The van der Waals surface area contributed by atoms with Gasteiger partial charge in [-0.3, -0.25) is 9.59 Å². The van der Waals surface area contributed by atoms with Crippen LogP contribution < -0.4 is 0 Å². The molecule has 2 aliphatic rings. The highest BCUT2D eigenvalue weighted by Crippen LogP contribution is 2.28. The molecule has 1 N–H and O–H groups in total. The summed E-state index contributed by atoms with van der Waals surface area (Å²) in [6.45, 7) is 1.50. The number of fused-ring (bicyclic) bond motifs is 1. The normalized spacial score (nSPS) is 21.7. The van der Waals surface area contributed by atoms with Crippen LogP contribution in [-0.4, -0.2) is 68.5 Å². The van der Waals surface area contributed by atoms with Crippen molar-refractivity contribution in [1.82, 2.24) is 4.90 Å². The van der Waals surface area contributed by atoms with E-state index in [1.165, 1.54) is 31.9 Å². The van der Waals surface area contributed by atoms with E-state index in [9.17, 15) is 19.5 Å². The number of hydrogen-bond acceptors (Lipinski definition) is 7. The Kier molecular flexibility index (Phi) is 4.29. The molecule has 3 rings (SSSR count).